The average molecular weight is 336 g/mol. The first-order chi connectivity index (χ1) is 11.2. The highest BCUT2D eigenvalue weighted by Gasteiger charge is 2.38. The van der Waals surface area contributed by atoms with Crippen LogP contribution in [-0.2, 0) is 26.2 Å². The van der Waals surface area contributed by atoms with Crippen molar-refractivity contribution < 1.29 is 28.9 Å². The number of benzene rings is 1. The molecule has 0 saturated heterocycles. The quantitative estimate of drug-likeness (QED) is 0.489. The number of carbonyl (C=O) groups is 2. The van der Waals surface area contributed by atoms with Crippen molar-refractivity contribution in [3.05, 3.63) is 22.3 Å². The predicted octanol–water partition coefficient (Wildman–Crippen LogP) is 2.89. The minimum absolute atomic E-state index is 0.0280. The van der Waals surface area contributed by atoms with E-state index in [1.54, 1.807) is 0 Å². The Morgan fingerprint density at radius 2 is 1.96 bits per heavy atom. The molecule has 2 rings (SSSR count). The molecule has 0 fully saturated rings. The number of aliphatic carboxylic acids is 1. The van der Waals surface area contributed by atoms with Crippen molar-refractivity contribution in [1.82, 2.24) is 0 Å². The van der Waals surface area contributed by atoms with Gasteiger partial charge in [-0.2, -0.15) is 0 Å². The van der Waals surface area contributed by atoms with Crippen LogP contribution < -0.4 is 9.47 Å². The van der Waals surface area contributed by atoms with Crippen LogP contribution in [0.2, 0.25) is 0 Å². The fourth-order valence-electron chi connectivity index (χ4n) is 3.39. The standard InChI is InChI=1S/C18H24O6/c1-10-12(6-7-13(19)20)16(23-9-22-5)11(2)15-17(10)24-14(21)8-18(15,3)4/h6-9H2,1-5H3,(H,19,20). The molecule has 0 aromatic heterocycles. The van der Waals surface area contributed by atoms with Gasteiger partial charge in [0.1, 0.15) is 11.5 Å². The fourth-order valence-corrected chi connectivity index (χ4v) is 3.39. The molecule has 1 aliphatic heterocycles. The first kappa shape index (κ1) is 18.3. The molecule has 0 aliphatic carbocycles. The maximum atomic E-state index is 12.0. The molecular formula is C18H24O6. The van der Waals surface area contributed by atoms with Gasteiger partial charge in [0.25, 0.3) is 0 Å². The molecule has 1 aromatic rings. The van der Waals surface area contributed by atoms with Gasteiger partial charge in [-0.3, -0.25) is 9.59 Å². The van der Waals surface area contributed by atoms with Crippen molar-refractivity contribution in [2.45, 2.75) is 52.4 Å². The lowest BCUT2D eigenvalue weighted by Crippen LogP contribution is -2.32. The third-order valence-electron chi connectivity index (χ3n) is 4.40. The zero-order chi connectivity index (χ0) is 18.1. The molecule has 0 saturated carbocycles. The van der Waals surface area contributed by atoms with Gasteiger partial charge in [0.2, 0.25) is 0 Å². The van der Waals surface area contributed by atoms with Gasteiger partial charge in [-0.1, -0.05) is 13.8 Å². The number of carboxylic acid groups (broad SMARTS) is 1. The Morgan fingerprint density at radius 3 is 2.54 bits per heavy atom. The van der Waals surface area contributed by atoms with Crippen LogP contribution in [0.25, 0.3) is 0 Å². The van der Waals surface area contributed by atoms with Crippen LogP contribution in [0.1, 0.15) is 48.9 Å². The van der Waals surface area contributed by atoms with Gasteiger partial charge in [0.05, 0.1) is 6.42 Å². The Balaban J connectivity index is 2.66. The number of carboxylic acids is 1. The van der Waals surface area contributed by atoms with E-state index in [9.17, 15) is 9.59 Å². The summed E-state index contributed by atoms with van der Waals surface area (Å²) in [6.45, 7) is 7.81. The third-order valence-corrected chi connectivity index (χ3v) is 4.40. The zero-order valence-electron chi connectivity index (χ0n) is 14.8. The maximum Gasteiger partial charge on any atom is 0.312 e. The minimum atomic E-state index is -0.889. The second-order valence-corrected chi connectivity index (χ2v) is 6.74. The average Bonchev–Trinajstić information content (AvgIpc) is 2.46. The summed E-state index contributed by atoms with van der Waals surface area (Å²) in [6, 6.07) is 0. The van der Waals surface area contributed by atoms with Crippen LogP contribution in [0.15, 0.2) is 0 Å². The summed E-state index contributed by atoms with van der Waals surface area (Å²) in [4.78, 5) is 23.0. The summed E-state index contributed by atoms with van der Waals surface area (Å²) < 4.78 is 16.3. The Kier molecular flexibility index (Phi) is 5.18. The lowest BCUT2D eigenvalue weighted by molar-refractivity contribution is -0.138. The zero-order valence-corrected chi connectivity index (χ0v) is 14.8. The number of carbonyl (C=O) groups excluding carboxylic acids is 1. The monoisotopic (exact) mass is 336 g/mol. The summed E-state index contributed by atoms with van der Waals surface area (Å²) in [7, 11) is 1.53. The molecule has 6 heteroatoms. The summed E-state index contributed by atoms with van der Waals surface area (Å²) in [5.41, 5.74) is 2.92. The van der Waals surface area contributed by atoms with Crippen molar-refractivity contribution in [3.8, 4) is 11.5 Å². The third kappa shape index (κ3) is 3.38. The van der Waals surface area contributed by atoms with E-state index in [4.69, 9.17) is 19.3 Å². The summed E-state index contributed by atoms with van der Waals surface area (Å²) in [5, 5.41) is 9.01. The molecule has 1 aliphatic rings. The van der Waals surface area contributed by atoms with Crippen LogP contribution in [0.4, 0.5) is 0 Å². The van der Waals surface area contributed by atoms with Gasteiger partial charge >= 0.3 is 11.9 Å². The lowest BCUT2D eigenvalue weighted by atomic mass is 9.75. The molecule has 0 amide bonds. The Hall–Kier alpha value is -2.08. The van der Waals surface area contributed by atoms with E-state index in [0.29, 0.717) is 24.3 Å². The normalized spacial score (nSPS) is 15.6. The number of esters is 1. The van der Waals surface area contributed by atoms with Crippen molar-refractivity contribution in [2.24, 2.45) is 0 Å². The van der Waals surface area contributed by atoms with Gasteiger partial charge in [-0.15, -0.1) is 0 Å². The highest BCUT2D eigenvalue weighted by Crippen LogP contribution is 2.48. The molecule has 6 nitrogen and oxygen atoms in total. The van der Waals surface area contributed by atoms with Gasteiger partial charge in [-0.05, 0) is 31.4 Å². The van der Waals surface area contributed by atoms with Gasteiger partial charge in [0.15, 0.2) is 6.79 Å². The maximum absolute atomic E-state index is 12.0. The number of hydrogen-bond donors (Lipinski definition) is 1. The second-order valence-electron chi connectivity index (χ2n) is 6.74. The summed E-state index contributed by atoms with van der Waals surface area (Å²) in [5.74, 6) is 0.00353. The topological polar surface area (TPSA) is 82.1 Å². The molecule has 132 valence electrons. The first-order valence-electron chi connectivity index (χ1n) is 7.89. The van der Waals surface area contributed by atoms with E-state index in [1.165, 1.54) is 7.11 Å². The number of fused-ring (bicyclic) bond motifs is 1. The molecule has 24 heavy (non-hydrogen) atoms. The molecule has 0 atom stereocenters. The van der Waals surface area contributed by atoms with E-state index >= 15 is 0 Å². The highest BCUT2D eigenvalue weighted by atomic mass is 16.7. The van der Waals surface area contributed by atoms with Gasteiger partial charge < -0.3 is 19.3 Å². The molecule has 1 aromatic carbocycles. The smallest absolute Gasteiger partial charge is 0.312 e. The van der Waals surface area contributed by atoms with E-state index < -0.39 is 5.97 Å². The molecule has 1 N–H and O–H groups in total. The molecule has 0 spiro atoms. The van der Waals surface area contributed by atoms with E-state index in [0.717, 1.165) is 22.3 Å². The van der Waals surface area contributed by atoms with Crippen LogP contribution in [-0.4, -0.2) is 30.9 Å². The van der Waals surface area contributed by atoms with Gasteiger partial charge in [-0.25, -0.2) is 0 Å². The summed E-state index contributed by atoms with van der Waals surface area (Å²) in [6.07, 6.45) is 0.560. The minimum Gasteiger partial charge on any atom is -0.481 e. The second kappa shape index (κ2) is 6.81. The van der Waals surface area contributed by atoms with E-state index in [-0.39, 0.29) is 24.6 Å². The van der Waals surface area contributed by atoms with Crippen molar-refractivity contribution >= 4 is 11.9 Å². The van der Waals surface area contributed by atoms with Crippen LogP contribution >= 0.6 is 0 Å². The highest BCUT2D eigenvalue weighted by molar-refractivity contribution is 5.80. The largest absolute Gasteiger partial charge is 0.481 e. The molecule has 0 bridgehead atoms. The fraction of sp³-hybridized carbons (Fsp3) is 0.556. The van der Waals surface area contributed by atoms with Crippen molar-refractivity contribution in [3.63, 3.8) is 0 Å². The summed E-state index contributed by atoms with van der Waals surface area (Å²) >= 11 is 0. The molecule has 0 radical (unpaired) electrons. The van der Waals surface area contributed by atoms with Gasteiger partial charge in [0, 0.05) is 30.1 Å². The van der Waals surface area contributed by atoms with Crippen LogP contribution in [0.3, 0.4) is 0 Å². The number of hydrogen-bond acceptors (Lipinski definition) is 5. The van der Waals surface area contributed by atoms with E-state index in [2.05, 4.69) is 0 Å². The molecule has 0 unspecified atom stereocenters. The van der Waals surface area contributed by atoms with Crippen molar-refractivity contribution in [2.75, 3.05) is 13.9 Å². The Morgan fingerprint density at radius 1 is 1.29 bits per heavy atom. The molecular weight excluding hydrogens is 312 g/mol. The first-order valence-corrected chi connectivity index (χ1v) is 7.89. The number of rotatable bonds is 6. The lowest BCUT2D eigenvalue weighted by Gasteiger charge is -2.35. The Bertz CT molecular complexity index is 675. The SMILES string of the molecule is COCOc1c(C)c2c(c(C)c1CCC(=O)O)OC(=O)CC2(C)C. The predicted molar refractivity (Wildman–Crippen MR) is 87.7 cm³/mol. The van der Waals surface area contributed by atoms with E-state index in [1.807, 2.05) is 27.7 Å². The molecule has 1 heterocycles. The van der Waals surface area contributed by atoms with Crippen LogP contribution in [0, 0.1) is 13.8 Å². The number of ether oxygens (including phenoxy) is 3. The van der Waals surface area contributed by atoms with Crippen LogP contribution in [0.5, 0.6) is 11.5 Å². The number of methoxy groups -OCH3 is 1. The Labute approximate surface area is 141 Å². The van der Waals surface area contributed by atoms with Crippen molar-refractivity contribution in [1.29, 1.82) is 0 Å².